The molecular weight excluding hydrogens is 431 g/mol. The highest BCUT2D eigenvalue weighted by Gasteiger charge is 2.47. The Bertz CT molecular complexity index is 1390. The minimum atomic E-state index is -0.328. The first-order chi connectivity index (χ1) is 16.5. The van der Waals surface area contributed by atoms with Crippen molar-refractivity contribution in [1.82, 2.24) is 19.6 Å². The number of aliphatic hydroxyl groups is 1. The molecule has 3 N–H and O–H groups in total. The molecule has 0 unspecified atom stereocenters. The summed E-state index contributed by atoms with van der Waals surface area (Å²) in [4.78, 5) is 11.8. The Morgan fingerprint density at radius 1 is 1.18 bits per heavy atom. The Balaban J connectivity index is 1.39. The minimum absolute atomic E-state index is 0.00563. The van der Waals surface area contributed by atoms with Crippen LogP contribution in [0.15, 0.2) is 48.8 Å². The van der Waals surface area contributed by atoms with Crippen molar-refractivity contribution in [3.8, 4) is 11.3 Å². The number of hydrogen-bond acceptors (Lipinski definition) is 6. The molecule has 6 rings (SSSR count). The maximum absolute atomic E-state index is 14.7. The second-order valence-electron chi connectivity index (χ2n) is 9.48. The molecule has 1 saturated heterocycles. The topological polar surface area (TPSA) is 92.6 Å². The summed E-state index contributed by atoms with van der Waals surface area (Å²) >= 11 is 0. The third-order valence-electron chi connectivity index (χ3n) is 7.68. The molecule has 8 heteroatoms. The number of aryl methyl sites for hydroxylation is 1. The first-order valence-electron chi connectivity index (χ1n) is 11.7. The Hall–Kier alpha value is -3.36. The van der Waals surface area contributed by atoms with Gasteiger partial charge in [0.2, 0.25) is 0 Å². The number of piperidine rings is 1. The van der Waals surface area contributed by atoms with E-state index >= 15 is 0 Å². The van der Waals surface area contributed by atoms with Gasteiger partial charge in [0.15, 0.2) is 5.82 Å². The molecule has 1 fully saturated rings. The maximum Gasteiger partial charge on any atom is 0.155 e. The van der Waals surface area contributed by atoms with Gasteiger partial charge < -0.3 is 15.7 Å². The highest BCUT2D eigenvalue weighted by atomic mass is 19.1. The summed E-state index contributed by atoms with van der Waals surface area (Å²) in [6, 6.07) is 10.7. The van der Waals surface area contributed by atoms with E-state index in [0.717, 1.165) is 49.4 Å². The number of aliphatic hydroxyl groups excluding tert-OH is 1. The van der Waals surface area contributed by atoms with Crippen LogP contribution in [-0.2, 0) is 13.0 Å². The summed E-state index contributed by atoms with van der Waals surface area (Å²) in [5.41, 5.74) is 12.1. The van der Waals surface area contributed by atoms with Crippen molar-refractivity contribution in [2.45, 2.75) is 38.8 Å². The molecule has 174 valence electrons. The smallest absolute Gasteiger partial charge is 0.155 e. The van der Waals surface area contributed by atoms with Crippen LogP contribution in [0.3, 0.4) is 0 Å². The molecule has 0 saturated carbocycles. The first-order valence-corrected chi connectivity index (χ1v) is 11.7. The van der Waals surface area contributed by atoms with Gasteiger partial charge in [-0.05, 0) is 55.4 Å². The van der Waals surface area contributed by atoms with E-state index in [-0.39, 0.29) is 23.9 Å². The number of nitrogens with zero attached hydrogens (tertiary/aromatic N) is 5. The van der Waals surface area contributed by atoms with Crippen molar-refractivity contribution < 1.29 is 9.50 Å². The fourth-order valence-electron chi connectivity index (χ4n) is 5.81. The Morgan fingerprint density at radius 2 is 1.97 bits per heavy atom. The quantitative estimate of drug-likeness (QED) is 0.488. The van der Waals surface area contributed by atoms with Gasteiger partial charge in [0.05, 0.1) is 24.2 Å². The minimum Gasteiger partial charge on any atom is -0.392 e. The number of rotatable bonds is 3. The van der Waals surface area contributed by atoms with Crippen LogP contribution in [0, 0.1) is 18.2 Å². The summed E-state index contributed by atoms with van der Waals surface area (Å²) in [5.74, 6) is 0.446. The van der Waals surface area contributed by atoms with Crippen molar-refractivity contribution >= 4 is 11.3 Å². The Morgan fingerprint density at radius 3 is 2.71 bits per heavy atom. The zero-order chi connectivity index (χ0) is 23.4. The molecule has 1 aliphatic heterocycles. The average Bonchev–Trinajstić information content (AvgIpc) is 3.39. The lowest BCUT2D eigenvalue weighted by Crippen LogP contribution is -2.44. The lowest BCUT2D eigenvalue weighted by atomic mass is 9.73. The van der Waals surface area contributed by atoms with E-state index in [9.17, 15) is 9.50 Å². The van der Waals surface area contributed by atoms with Crippen LogP contribution in [-0.4, -0.2) is 37.8 Å². The highest BCUT2D eigenvalue weighted by Crippen LogP contribution is 2.50. The monoisotopic (exact) mass is 458 g/mol. The van der Waals surface area contributed by atoms with Crippen molar-refractivity contribution in [3.63, 3.8) is 0 Å². The number of aromatic nitrogens is 4. The highest BCUT2D eigenvalue weighted by molar-refractivity contribution is 5.78. The van der Waals surface area contributed by atoms with E-state index in [1.165, 1.54) is 11.6 Å². The molecule has 2 aliphatic rings. The summed E-state index contributed by atoms with van der Waals surface area (Å²) in [5, 5.41) is 14.6. The number of halogens is 1. The fraction of sp³-hybridized carbons (Fsp3) is 0.346. The molecule has 0 amide bonds. The van der Waals surface area contributed by atoms with Crippen molar-refractivity contribution in [1.29, 1.82) is 0 Å². The number of fused-ring (bicyclic) bond motifs is 2. The molecule has 1 aromatic carbocycles. The number of anilines is 1. The van der Waals surface area contributed by atoms with Gasteiger partial charge in [-0.3, -0.25) is 4.98 Å². The van der Waals surface area contributed by atoms with Crippen LogP contribution in [0.4, 0.5) is 10.2 Å². The van der Waals surface area contributed by atoms with Gasteiger partial charge in [0, 0.05) is 42.1 Å². The lowest BCUT2D eigenvalue weighted by molar-refractivity contribution is 0.186. The van der Waals surface area contributed by atoms with Crippen molar-refractivity contribution in [2.75, 3.05) is 18.0 Å². The second kappa shape index (κ2) is 7.85. The van der Waals surface area contributed by atoms with Crippen molar-refractivity contribution in [2.24, 2.45) is 11.1 Å². The second-order valence-corrected chi connectivity index (χ2v) is 9.48. The molecule has 3 aromatic heterocycles. The average molecular weight is 459 g/mol. The van der Waals surface area contributed by atoms with Crippen LogP contribution in [0.25, 0.3) is 16.8 Å². The standard InChI is InChI=1S/C26H27FN6O/c1-16-22(18-5-2-3-7-20(18)27)33-23(17(15-34)14-30-33)25(31-16)32-11-8-26(9-12-32)13-21-19(24(26)28)6-4-10-29-21/h2-7,10,14,24,34H,8-9,11-13,15,28H2,1H3/t24-/m1/s1. The third kappa shape index (κ3) is 3.05. The number of nitrogens with two attached hydrogens (primary N) is 1. The molecule has 0 bridgehead atoms. The van der Waals surface area contributed by atoms with Crippen LogP contribution in [0.2, 0.25) is 0 Å². The largest absolute Gasteiger partial charge is 0.392 e. The van der Waals surface area contributed by atoms with Crippen LogP contribution in [0.1, 0.15) is 41.4 Å². The van der Waals surface area contributed by atoms with Gasteiger partial charge in [0.1, 0.15) is 11.3 Å². The van der Waals surface area contributed by atoms with Crippen molar-refractivity contribution in [3.05, 3.63) is 77.1 Å². The summed E-state index contributed by atoms with van der Waals surface area (Å²) < 4.78 is 16.4. The van der Waals surface area contributed by atoms with Gasteiger partial charge >= 0.3 is 0 Å². The maximum atomic E-state index is 14.7. The number of benzene rings is 1. The van der Waals surface area contributed by atoms with E-state index in [4.69, 9.17) is 10.7 Å². The van der Waals surface area contributed by atoms with Gasteiger partial charge in [-0.1, -0.05) is 18.2 Å². The first kappa shape index (κ1) is 21.2. The number of hydrogen-bond donors (Lipinski definition) is 2. The predicted molar refractivity (Wildman–Crippen MR) is 128 cm³/mol. The molecular formula is C26H27FN6O. The lowest BCUT2D eigenvalue weighted by Gasteiger charge is -2.42. The molecule has 1 spiro atoms. The molecule has 4 heterocycles. The van der Waals surface area contributed by atoms with E-state index < -0.39 is 0 Å². The molecule has 7 nitrogen and oxygen atoms in total. The van der Waals surface area contributed by atoms with Gasteiger partial charge in [-0.25, -0.2) is 13.9 Å². The molecule has 0 radical (unpaired) electrons. The molecule has 1 atom stereocenters. The fourth-order valence-corrected chi connectivity index (χ4v) is 5.81. The van der Waals surface area contributed by atoms with Gasteiger partial charge in [-0.2, -0.15) is 5.10 Å². The Kier molecular flexibility index (Phi) is 4.89. The van der Waals surface area contributed by atoms with E-state index in [2.05, 4.69) is 21.0 Å². The zero-order valence-electron chi connectivity index (χ0n) is 19.1. The Labute approximate surface area is 197 Å². The van der Waals surface area contributed by atoms with Crippen LogP contribution < -0.4 is 10.6 Å². The SMILES string of the molecule is Cc1nc(N2CCC3(CC2)Cc2ncccc2[C@H]3N)c2c(CO)cnn2c1-c1ccccc1F. The summed E-state index contributed by atoms with van der Waals surface area (Å²) in [6.07, 6.45) is 6.24. The van der Waals surface area contributed by atoms with Crippen LogP contribution >= 0.6 is 0 Å². The molecule has 4 aromatic rings. The van der Waals surface area contributed by atoms with Gasteiger partial charge in [-0.15, -0.1) is 0 Å². The number of pyridine rings is 1. The van der Waals surface area contributed by atoms with E-state index in [0.29, 0.717) is 22.5 Å². The van der Waals surface area contributed by atoms with E-state index in [1.807, 2.05) is 19.2 Å². The summed E-state index contributed by atoms with van der Waals surface area (Å²) in [6.45, 7) is 3.30. The zero-order valence-corrected chi connectivity index (χ0v) is 19.1. The molecule has 1 aliphatic carbocycles. The molecule has 34 heavy (non-hydrogen) atoms. The van der Waals surface area contributed by atoms with Crippen LogP contribution in [0.5, 0.6) is 0 Å². The summed E-state index contributed by atoms with van der Waals surface area (Å²) in [7, 11) is 0. The normalized spacial score (nSPS) is 19.2. The predicted octanol–water partition coefficient (Wildman–Crippen LogP) is 3.57. The van der Waals surface area contributed by atoms with E-state index in [1.54, 1.807) is 28.9 Å². The third-order valence-corrected chi connectivity index (χ3v) is 7.68. The van der Waals surface area contributed by atoms with Gasteiger partial charge in [0.25, 0.3) is 0 Å².